The minimum Gasteiger partial charge on any atom is -0.463 e. The van der Waals surface area contributed by atoms with Crippen molar-refractivity contribution in [2.75, 3.05) is 32.9 Å². The second-order valence-electron chi connectivity index (χ2n) is 6.25. The van der Waals surface area contributed by atoms with Crippen LogP contribution in [0.3, 0.4) is 0 Å². The fourth-order valence-electron chi connectivity index (χ4n) is 2.86. The second-order valence-corrected chi connectivity index (χ2v) is 8.17. The third-order valence-corrected chi connectivity index (χ3v) is 6.10. The molecule has 2 aromatic rings. The van der Waals surface area contributed by atoms with Crippen molar-refractivity contribution in [3.8, 4) is 0 Å². The van der Waals surface area contributed by atoms with Gasteiger partial charge in [0.15, 0.2) is 0 Å². The monoisotopic (exact) mass is 480 g/mol. The number of nitrogens with zero attached hydrogens (tertiary/aromatic N) is 2. The van der Waals surface area contributed by atoms with Crippen molar-refractivity contribution in [2.24, 2.45) is 0 Å². The number of rotatable bonds is 5. The zero-order valence-corrected chi connectivity index (χ0v) is 18.3. The van der Waals surface area contributed by atoms with Crippen LogP contribution in [0.4, 0.5) is 0 Å². The summed E-state index contributed by atoms with van der Waals surface area (Å²) in [6.07, 6.45) is 3.01. The van der Waals surface area contributed by atoms with Gasteiger partial charge in [0, 0.05) is 17.6 Å². The van der Waals surface area contributed by atoms with Gasteiger partial charge in [0.1, 0.15) is 11.2 Å². The second kappa shape index (κ2) is 10.00. The van der Waals surface area contributed by atoms with Crippen LogP contribution < -0.4 is 14.8 Å². The Morgan fingerprint density at radius 1 is 1.28 bits per heavy atom. The number of aromatic nitrogens is 1. The van der Waals surface area contributed by atoms with Gasteiger partial charge in [-0.1, -0.05) is 34.1 Å². The molecule has 1 saturated heterocycles. The zero-order chi connectivity index (χ0) is 20.8. The van der Waals surface area contributed by atoms with Crippen molar-refractivity contribution >= 4 is 51.3 Å². The van der Waals surface area contributed by atoms with Gasteiger partial charge in [-0.15, -0.1) is 11.3 Å². The number of morpholine rings is 1. The largest absolute Gasteiger partial charge is 0.463 e. The van der Waals surface area contributed by atoms with Crippen molar-refractivity contribution in [1.82, 2.24) is 9.47 Å². The van der Waals surface area contributed by atoms with E-state index in [2.05, 4.69) is 15.9 Å². The fraction of sp³-hybridized carbons (Fsp3) is 0.350. The van der Waals surface area contributed by atoms with E-state index in [0.29, 0.717) is 35.5 Å². The summed E-state index contributed by atoms with van der Waals surface area (Å²) in [7, 11) is 0. The Bertz CT molecular complexity index is 1070. The van der Waals surface area contributed by atoms with Crippen LogP contribution in [0.15, 0.2) is 33.5 Å². The number of benzene rings is 1. The number of carbonyl (C=O) groups is 2. The van der Waals surface area contributed by atoms with E-state index >= 15 is 0 Å². The molecule has 0 radical (unpaired) electrons. The maximum absolute atomic E-state index is 13.0. The Balaban J connectivity index is 2.04. The lowest BCUT2D eigenvalue weighted by Crippen LogP contribution is -2.45. The number of esters is 1. The minimum absolute atomic E-state index is 0.135. The number of thiazole rings is 1. The highest BCUT2D eigenvalue weighted by molar-refractivity contribution is 9.10. The molecule has 9 heteroatoms. The topological polar surface area (TPSA) is 77.8 Å². The molecule has 0 N–H and O–H groups in total. The van der Waals surface area contributed by atoms with Gasteiger partial charge in [-0.05, 0) is 24.6 Å². The SMILES string of the molecule is CCOC(=O)/C=c1\s/c(=C/c2ccccc2Br)c(=O)n1CC(=O)N1CCOCC1. The normalized spacial score (nSPS) is 15.6. The van der Waals surface area contributed by atoms with Crippen molar-refractivity contribution in [2.45, 2.75) is 13.5 Å². The third-order valence-electron chi connectivity index (χ3n) is 4.31. The van der Waals surface area contributed by atoms with E-state index in [0.717, 1.165) is 21.4 Å². The van der Waals surface area contributed by atoms with E-state index in [1.165, 1.54) is 10.6 Å². The maximum Gasteiger partial charge on any atom is 0.333 e. The van der Waals surface area contributed by atoms with Crippen LogP contribution in [0, 0.1) is 0 Å². The predicted molar refractivity (Wildman–Crippen MR) is 114 cm³/mol. The third kappa shape index (κ3) is 5.43. The molecule has 1 fully saturated rings. The van der Waals surface area contributed by atoms with Crippen molar-refractivity contribution in [3.05, 3.63) is 53.9 Å². The highest BCUT2D eigenvalue weighted by Gasteiger charge is 2.19. The number of ether oxygens (including phenoxy) is 2. The van der Waals surface area contributed by atoms with Gasteiger partial charge in [-0.25, -0.2) is 4.79 Å². The molecule has 29 heavy (non-hydrogen) atoms. The smallest absolute Gasteiger partial charge is 0.333 e. The van der Waals surface area contributed by atoms with Gasteiger partial charge < -0.3 is 14.4 Å². The Labute approximate surface area is 180 Å². The average Bonchev–Trinajstić information content (AvgIpc) is 2.99. The fourth-order valence-corrected chi connectivity index (χ4v) is 4.28. The maximum atomic E-state index is 13.0. The Hall–Kier alpha value is -2.23. The molecule has 1 aliphatic heterocycles. The van der Waals surface area contributed by atoms with E-state index in [9.17, 15) is 14.4 Å². The van der Waals surface area contributed by atoms with E-state index in [1.54, 1.807) is 17.9 Å². The molecule has 1 aromatic heterocycles. The summed E-state index contributed by atoms with van der Waals surface area (Å²) in [6, 6.07) is 7.51. The lowest BCUT2D eigenvalue weighted by Gasteiger charge is -2.26. The number of hydrogen-bond donors (Lipinski definition) is 0. The van der Waals surface area contributed by atoms with Crippen LogP contribution in [0.25, 0.3) is 12.2 Å². The summed E-state index contributed by atoms with van der Waals surface area (Å²) >= 11 is 4.62. The van der Waals surface area contributed by atoms with Crippen LogP contribution >= 0.6 is 27.3 Å². The number of carbonyl (C=O) groups excluding carboxylic acids is 2. The quantitative estimate of drug-likeness (QED) is 0.588. The molecular formula is C20H21BrN2O5S. The van der Waals surface area contributed by atoms with Crippen LogP contribution in [0.5, 0.6) is 0 Å². The van der Waals surface area contributed by atoms with Crippen LogP contribution in [-0.4, -0.2) is 54.3 Å². The van der Waals surface area contributed by atoms with Crippen LogP contribution in [-0.2, 0) is 25.6 Å². The van der Waals surface area contributed by atoms with Crippen molar-refractivity contribution in [3.63, 3.8) is 0 Å². The highest BCUT2D eigenvalue weighted by atomic mass is 79.9. The first-order valence-corrected chi connectivity index (χ1v) is 10.8. The van der Waals surface area contributed by atoms with Gasteiger partial charge in [-0.2, -0.15) is 0 Å². The van der Waals surface area contributed by atoms with Crippen molar-refractivity contribution in [1.29, 1.82) is 0 Å². The number of hydrogen-bond acceptors (Lipinski definition) is 6. The number of halogens is 1. The Morgan fingerprint density at radius 2 is 2.00 bits per heavy atom. The molecule has 154 valence electrons. The zero-order valence-electron chi connectivity index (χ0n) is 15.9. The molecule has 1 amide bonds. The predicted octanol–water partition coefficient (Wildman–Crippen LogP) is 0.704. The van der Waals surface area contributed by atoms with Crippen molar-refractivity contribution < 1.29 is 19.1 Å². The summed E-state index contributed by atoms with van der Waals surface area (Å²) in [6.45, 7) is 3.74. The molecular weight excluding hydrogens is 460 g/mol. The van der Waals surface area contributed by atoms with E-state index < -0.39 is 5.97 Å². The first-order chi connectivity index (χ1) is 14.0. The minimum atomic E-state index is -0.547. The van der Waals surface area contributed by atoms with E-state index in [4.69, 9.17) is 9.47 Å². The molecule has 0 saturated carbocycles. The molecule has 0 unspecified atom stereocenters. The standard InChI is InChI=1S/C20H21BrN2O5S/c1-2-28-19(25)12-18-23(13-17(24)22-7-9-27-10-8-22)20(26)16(29-18)11-14-5-3-4-6-15(14)21/h3-6,11-12H,2,7-10,13H2,1H3/b16-11+,18-12-. The van der Waals surface area contributed by atoms with Gasteiger partial charge in [-0.3, -0.25) is 14.2 Å². The van der Waals surface area contributed by atoms with Crippen LogP contribution in [0.1, 0.15) is 12.5 Å². The summed E-state index contributed by atoms with van der Waals surface area (Å²) in [4.78, 5) is 39.3. The summed E-state index contributed by atoms with van der Waals surface area (Å²) in [5.41, 5.74) is 0.517. The summed E-state index contributed by atoms with van der Waals surface area (Å²) in [5, 5.41) is 0. The lowest BCUT2D eigenvalue weighted by atomic mass is 10.2. The van der Waals surface area contributed by atoms with E-state index in [1.807, 2.05) is 24.3 Å². The highest BCUT2D eigenvalue weighted by Crippen LogP contribution is 2.16. The molecule has 0 atom stereocenters. The summed E-state index contributed by atoms with van der Waals surface area (Å²) in [5.74, 6) is -0.729. The van der Waals surface area contributed by atoms with Gasteiger partial charge in [0.05, 0.1) is 30.4 Å². The molecule has 0 bridgehead atoms. The molecule has 1 aromatic carbocycles. The number of amides is 1. The molecule has 2 heterocycles. The summed E-state index contributed by atoms with van der Waals surface area (Å²) < 4.78 is 13.2. The first-order valence-electron chi connectivity index (χ1n) is 9.19. The molecule has 7 nitrogen and oxygen atoms in total. The van der Waals surface area contributed by atoms with Gasteiger partial charge in [0.2, 0.25) is 5.91 Å². The van der Waals surface area contributed by atoms with Gasteiger partial charge >= 0.3 is 5.97 Å². The molecule has 3 rings (SSSR count). The molecule has 1 aliphatic rings. The Kier molecular flexibility index (Phi) is 7.40. The van der Waals surface area contributed by atoms with E-state index in [-0.39, 0.29) is 24.6 Å². The van der Waals surface area contributed by atoms with Gasteiger partial charge in [0.25, 0.3) is 5.56 Å². The Morgan fingerprint density at radius 3 is 2.69 bits per heavy atom. The lowest BCUT2D eigenvalue weighted by molar-refractivity contribution is -0.136. The average molecular weight is 481 g/mol. The molecule has 0 spiro atoms. The first kappa shape index (κ1) is 21.5. The molecule has 0 aliphatic carbocycles. The van der Waals surface area contributed by atoms with Crippen LogP contribution in [0.2, 0.25) is 0 Å².